The molecule has 0 radical (unpaired) electrons. The Balaban J connectivity index is 3.95. The highest BCUT2D eigenvalue weighted by Crippen LogP contribution is 2.16. The fourth-order valence-electron chi connectivity index (χ4n) is 8.44. The van der Waals surface area contributed by atoms with Crippen molar-refractivity contribution in [1.82, 2.24) is 47.9 Å². The second kappa shape index (κ2) is 35.5. The summed E-state index contributed by atoms with van der Waals surface area (Å²) in [5.41, 5.74) is 0. The van der Waals surface area contributed by atoms with Gasteiger partial charge in [0, 0.05) is 6.42 Å². The van der Waals surface area contributed by atoms with Crippen LogP contribution in [0.1, 0.15) is 160 Å². The van der Waals surface area contributed by atoms with Crippen LogP contribution < -0.4 is 47.9 Å². The average molecular weight is 1110 g/mol. The molecule has 1 unspecified atom stereocenters. The zero-order chi connectivity index (χ0) is 59.6. The summed E-state index contributed by atoms with van der Waals surface area (Å²) < 4.78 is 5.76. The molecule has 1 aliphatic heterocycles. The molecule has 1 saturated heterocycles. The first-order valence-corrected chi connectivity index (χ1v) is 27.5. The zero-order valence-corrected chi connectivity index (χ0v) is 47.8. The molecule has 0 bridgehead atoms. The normalized spacial score (nSPS) is 23.8. The van der Waals surface area contributed by atoms with Crippen molar-refractivity contribution in [2.24, 2.45) is 29.6 Å². The lowest BCUT2D eigenvalue weighted by Gasteiger charge is -2.32. The monoisotopic (exact) mass is 1110 g/mol. The third-order valence-corrected chi connectivity index (χ3v) is 12.8. The minimum atomic E-state index is -1.95. The number of carbonyl (C=O) groups excluding carboxylic acids is 10. The largest absolute Gasteiger partial charge is 0.481 e. The summed E-state index contributed by atoms with van der Waals surface area (Å²) in [4.78, 5) is 151. The SMILES string of the molecule is CCCCCCC[C@H](O)CC(=O)N[C@@H](CC(C)C)C(=O)N[C@H](CCC(=O)O)C(=O)N[C@H]1C(=O)N[C@H](C(C)C)C(=O)N[C@@H](CC(C)C)C(=O)N[C@H](CO)C(=O)N[C@@H](CC(C)C)C(=O)N[C@H](CO)C(=O)N[C@@H](C(C)C)C(=O)OC1C. The minimum Gasteiger partial charge on any atom is -0.481 e. The van der Waals surface area contributed by atoms with Crippen molar-refractivity contribution in [2.75, 3.05) is 13.2 Å². The second-order valence-electron chi connectivity index (χ2n) is 22.3. The van der Waals surface area contributed by atoms with Gasteiger partial charge in [0.1, 0.15) is 60.5 Å². The van der Waals surface area contributed by atoms with Gasteiger partial charge >= 0.3 is 11.9 Å². The van der Waals surface area contributed by atoms with Crippen LogP contribution in [-0.2, 0) is 57.5 Å². The predicted molar refractivity (Wildman–Crippen MR) is 286 cm³/mol. The lowest BCUT2D eigenvalue weighted by atomic mass is 9.98. The van der Waals surface area contributed by atoms with Gasteiger partial charge in [-0.2, -0.15) is 0 Å². The second-order valence-corrected chi connectivity index (χ2v) is 22.3. The van der Waals surface area contributed by atoms with E-state index in [4.69, 9.17) is 4.74 Å². The molecule has 11 atom stereocenters. The molecule has 9 amide bonds. The number of hydrogen-bond acceptors (Lipinski definition) is 15. The number of amides is 9. The standard InChI is InChI=1S/C53H93N9O16/c1-13-14-15-16-17-18-33(65)24-40(66)54-35(21-27(2)3)46(70)55-34(19-20-41(67)68)45(69)62-44-32(12)78-53(77)43(31(10)11)61-50(74)39(26-64)59-47(71)36(22-28(4)5)56-49(73)38(25-63)58-48(72)37(23-29(6)7)57-51(75)42(30(8)9)60-52(44)76/h27-39,42-44,63-65H,13-26H2,1-12H3,(H,54,66)(H,55,70)(H,56,73)(H,57,75)(H,58,72)(H,59,71)(H,60,76)(H,61,74)(H,62,69)(H,67,68)/t32?,33-,34+,35-,36-,37-,38+,39+,42+,43-,44+/m0/s1. The van der Waals surface area contributed by atoms with Gasteiger partial charge in [0.15, 0.2) is 0 Å². The molecule has 1 heterocycles. The van der Waals surface area contributed by atoms with Crippen LogP contribution in [0.2, 0.25) is 0 Å². The summed E-state index contributed by atoms with van der Waals surface area (Å²) in [6.07, 6.45) is 0.809. The van der Waals surface area contributed by atoms with Crippen molar-refractivity contribution in [2.45, 2.75) is 227 Å². The molecule has 0 aliphatic carbocycles. The van der Waals surface area contributed by atoms with E-state index >= 15 is 0 Å². The van der Waals surface area contributed by atoms with Gasteiger partial charge in [0.05, 0.1) is 25.7 Å². The molecule has 0 saturated carbocycles. The van der Waals surface area contributed by atoms with E-state index in [2.05, 4.69) is 54.8 Å². The van der Waals surface area contributed by atoms with Gasteiger partial charge in [-0.25, -0.2) is 4.79 Å². The molecule has 0 aromatic heterocycles. The Bertz CT molecular complexity index is 2000. The third kappa shape index (κ3) is 25.7. The number of unbranched alkanes of at least 4 members (excludes halogenated alkanes) is 4. The topological polar surface area (TPSA) is 386 Å². The maximum absolute atomic E-state index is 14.6. The van der Waals surface area contributed by atoms with Crippen LogP contribution in [0.5, 0.6) is 0 Å². The Kier molecular flexibility index (Phi) is 31.9. The van der Waals surface area contributed by atoms with Gasteiger partial charge < -0.3 is 73.0 Å². The number of carboxylic acid groups (broad SMARTS) is 1. The molecule has 25 heteroatoms. The highest BCUT2D eigenvalue weighted by Gasteiger charge is 2.40. The van der Waals surface area contributed by atoms with E-state index in [1.165, 1.54) is 20.8 Å². The number of carbonyl (C=O) groups is 11. The number of aliphatic carboxylic acids is 1. The molecule has 1 rings (SSSR count). The third-order valence-electron chi connectivity index (χ3n) is 12.8. The van der Waals surface area contributed by atoms with E-state index in [0.717, 1.165) is 25.7 Å². The molecule has 0 aromatic carbocycles. The summed E-state index contributed by atoms with van der Waals surface area (Å²) in [5.74, 6) is -13.5. The van der Waals surface area contributed by atoms with Gasteiger partial charge in [-0.05, 0) is 68.6 Å². The number of aliphatic hydroxyl groups is 3. The average Bonchev–Trinajstić information content (AvgIpc) is 3.33. The highest BCUT2D eigenvalue weighted by atomic mass is 16.5. The summed E-state index contributed by atoms with van der Waals surface area (Å²) in [5, 5.41) is 63.3. The lowest BCUT2D eigenvalue weighted by Crippen LogP contribution is -2.63. The van der Waals surface area contributed by atoms with E-state index in [9.17, 15) is 73.2 Å². The Labute approximate surface area is 459 Å². The molecule has 78 heavy (non-hydrogen) atoms. The maximum atomic E-state index is 14.6. The summed E-state index contributed by atoms with van der Waals surface area (Å²) in [7, 11) is 0. The molecule has 1 fully saturated rings. The molecular formula is C53H93N9O16. The van der Waals surface area contributed by atoms with Crippen molar-refractivity contribution in [3.05, 3.63) is 0 Å². The number of esters is 1. The fourth-order valence-corrected chi connectivity index (χ4v) is 8.44. The van der Waals surface area contributed by atoms with E-state index in [1.807, 2.05) is 0 Å². The van der Waals surface area contributed by atoms with Crippen LogP contribution >= 0.6 is 0 Å². The molecule has 25 nitrogen and oxygen atoms in total. The molecule has 0 aromatic rings. The highest BCUT2D eigenvalue weighted by molar-refractivity contribution is 5.99. The van der Waals surface area contributed by atoms with E-state index in [-0.39, 0.29) is 43.4 Å². The predicted octanol–water partition coefficient (Wildman–Crippen LogP) is -0.294. The first-order chi connectivity index (χ1) is 36.4. The van der Waals surface area contributed by atoms with Crippen LogP contribution in [0.25, 0.3) is 0 Å². The molecule has 1 aliphatic rings. The van der Waals surface area contributed by atoms with Crippen LogP contribution in [0.3, 0.4) is 0 Å². The zero-order valence-electron chi connectivity index (χ0n) is 47.8. The quantitative estimate of drug-likeness (QED) is 0.0391. The number of cyclic esters (lactones) is 1. The van der Waals surface area contributed by atoms with E-state index in [0.29, 0.717) is 12.8 Å². The smallest absolute Gasteiger partial charge is 0.329 e. The maximum Gasteiger partial charge on any atom is 0.329 e. The van der Waals surface area contributed by atoms with Crippen molar-refractivity contribution in [3.8, 4) is 0 Å². The number of hydrogen-bond donors (Lipinski definition) is 13. The summed E-state index contributed by atoms with van der Waals surface area (Å²) in [6.45, 7) is 18.0. The Morgan fingerprint density at radius 3 is 1.51 bits per heavy atom. The number of aliphatic hydroxyl groups excluding tert-OH is 3. The van der Waals surface area contributed by atoms with Gasteiger partial charge in [0.25, 0.3) is 0 Å². The van der Waals surface area contributed by atoms with E-state index < -0.39 is 170 Å². The summed E-state index contributed by atoms with van der Waals surface area (Å²) in [6, 6.07) is -14.1. The first-order valence-electron chi connectivity index (χ1n) is 27.5. The molecule has 13 N–H and O–H groups in total. The number of nitrogens with one attached hydrogen (secondary N) is 9. The lowest BCUT2D eigenvalue weighted by molar-refractivity contribution is -0.157. The van der Waals surface area contributed by atoms with Gasteiger partial charge in [-0.3, -0.25) is 47.9 Å². The van der Waals surface area contributed by atoms with Gasteiger partial charge in [0.2, 0.25) is 53.2 Å². The van der Waals surface area contributed by atoms with Crippen LogP contribution in [0.4, 0.5) is 0 Å². The Morgan fingerprint density at radius 2 is 1.04 bits per heavy atom. The van der Waals surface area contributed by atoms with Crippen molar-refractivity contribution >= 4 is 65.1 Å². The molecule has 446 valence electrons. The molecular weight excluding hydrogens is 1020 g/mol. The fraction of sp³-hybridized carbons (Fsp3) is 0.792. The van der Waals surface area contributed by atoms with Crippen molar-refractivity contribution in [1.29, 1.82) is 0 Å². The van der Waals surface area contributed by atoms with Crippen LogP contribution in [0.15, 0.2) is 0 Å². The van der Waals surface area contributed by atoms with Crippen LogP contribution in [0, 0.1) is 29.6 Å². The van der Waals surface area contributed by atoms with E-state index in [1.54, 1.807) is 55.4 Å². The van der Waals surface area contributed by atoms with Crippen molar-refractivity contribution in [3.63, 3.8) is 0 Å². The number of rotatable bonds is 26. The summed E-state index contributed by atoms with van der Waals surface area (Å²) >= 11 is 0. The first kappa shape index (κ1) is 70.1. The number of ether oxygens (including phenoxy) is 1. The Morgan fingerprint density at radius 1 is 0.564 bits per heavy atom. The van der Waals surface area contributed by atoms with Crippen molar-refractivity contribution < 1.29 is 77.9 Å². The molecule has 0 spiro atoms. The minimum absolute atomic E-state index is 0.0109. The Hall–Kier alpha value is -5.95. The van der Waals surface area contributed by atoms with Crippen LogP contribution in [-0.4, -0.2) is 165 Å². The van der Waals surface area contributed by atoms with Gasteiger partial charge in [-0.1, -0.05) is 108 Å². The number of carboxylic acids is 1. The van der Waals surface area contributed by atoms with Gasteiger partial charge in [-0.15, -0.1) is 0 Å².